The van der Waals surface area contributed by atoms with Gasteiger partial charge in [0.1, 0.15) is 5.82 Å². The van der Waals surface area contributed by atoms with Gasteiger partial charge in [0.15, 0.2) is 0 Å². The van der Waals surface area contributed by atoms with Crippen LogP contribution in [0.2, 0.25) is 0 Å². The Bertz CT molecular complexity index is 878. The third-order valence-electron chi connectivity index (χ3n) is 6.33. The molecule has 0 spiro atoms. The third-order valence-corrected chi connectivity index (χ3v) is 6.33. The number of carbonyl (C=O) groups is 1. The Hall–Kier alpha value is -2.50. The van der Waals surface area contributed by atoms with Crippen molar-refractivity contribution in [2.24, 2.45) is 5.92 Å². The van der Waals surface area contributed by atoms with Crippen LogP contribution in [0.5, 0.6) is 5.88 Å². The van der Waals surface area contributed by atoms with Crippen LogP contribution in [0.15, 0.2) is 36.4 Å². The van der Waals surface area contributed by atoms with Crippen molar-refractivity contribution in [1.29, 1.82) is 0 Å². The van der Waals surface area contributed by atoms with Gasteiger partial charge in [0.2, 0.25) is 11.8 Å². The lowest BCUT2D eigenvalue weighted by Crippen LogP contribution is -2.44. The summed E-state index contributed by atoms with van der Waals surface area (Å²) < 4.78 is 19.1. The highest BCUT2D eigenvalue weighted by atomic mass is 19.1. The Balaban J connectivity index is 1.28. The Labute approximate surface area is 177 Å². The van der Waals surface area contributed by atoms with Crippen molar-refractivity contribution >= 4 is 5.91 Å². The van der Waals surface area contributed by atoms with Crippen LogP contribution >= 0.6 is 0 Å². The molecule has 4 rings (SSSR count). The summed E-state index contributed by atoms with van der Waals surface area (Å²) in [6.07, 6.45) is 3.53. The Morgan fingerprint density at radius 3 is 2.30 bits per heavy atom. The highest BCUT2D eigenvalue weighted by Gasteiger charge is 2.53. The predicted molar refractivity (Wildman–Crippen MR) is 113 cm³/mol. The van der Waals surface area contributed by atoms with Crippen molar-refractivity contribution < 1.29 is 13.9 Å². The summed E-state index contributed by atoms with van der Waals surface area (Å²) in [7, 11) is 0. The topological polar surface area (TPSA) is 55.3 Å². The first kappa shape index (κ1) is 20.8. The van der Waals surface area contributed by atoms with Crippen LogP contribution < -0.4 is 4.74 Å². The van der Waals surface area contributed by atoms with Crippen LogP contribution in [0.25, 0.3) is 0 Å². The van der Waals surface area contributed by atoms with Gasteiger partial charge in [-0.15, -0.1) is 5.10 Å². The van der Waals surface area contributed by atoms with Crippen molar-refractivity contribution in [2.75, 3.05) is 19.7 Å². The molecule has 2 aliphatic rings. The molecule has 1 aromatic heterocycles. The lowest BCUT2D eigenvalue weighted by molar-refractivity contribution is -0.135. The minimum absolute atomic E-state index is 0.0300. The molecule has 1 saturated heterocycles. The molecule has 6 heteroatoms. The second-order valence-electron chi connectivity index (χ2n) is 9.64. The van der Waals surface area contributed by atoms with E-state index >= 15 is 0 Å². The molecular weight excluding hydrogens is 381 g/mol. The van der Waals surface area contributed by atoms with E-state index in [1.807, 2.05) is 17.0 Å². The second-order valence-corrected chi connectivity index (χ2v) is 9.64. The third kappa shape index (κ3) is 4.32. The number of nitrogens with zero attached hydrogens (tertiary/aromatic N) is 3. The van der Waals surface area contributed by atoms with E-state index in [0.29, 0.717) is 18.4 Å². The summed E-state index contributed by atoms with van der Waals surface area (Å²) in [5, 5.41) is 8.46. The van der Waals surface area contributed by atoms with Crippen LogP contribution in [0, 0.1) is 11.7 Å². The largest absolute Gasteiger partial charge is 0.476 e. The molecule has 2 aromatic rings. The smallest absolute Gasteiger partial charge is 0.233 e. The lowest BCUT2D eigenvalue weighted by Gasteiger charge is -2.34. The zero-order valence-electron chi connectivity index (χ0n) is 18.0. The van der Waals surface area contributed by atoms with E-state index in [9.17, 15) is 9.18 Å². The molecule has 0 atom stereocenters. The minimum atomic E-state index is -0.429. The van der Waals surface area contributed by atoms with E-state index in [1.54, 1.807) is 12.1 Å². The average Bonchev–Trinajstić information content (AvgIpc) is 3.54. The van der Waals surface area contributed by atoms with Crippen LogP contribution in [0.4, 0.5) is 4.39 Å². The number of rotatable bonds is 5. The average molecular weight is 412 g/mol. The summed E-state index contributed by atoms with van der Waals surface area (Å²) >= 11 is 0. The first-order chi connectivity index (χ1) is 14.3. The Morgan fingerprint density at radius 1 is 1.10 bits per heavy atom. The molecule has 30 heavy (non-hydrogen) atoms. The van der Waals surface area contributed by atoms with Crippen molar-refractivity contribution in [3.05, 3.63) is 53.5 Å². The van der Waals surface area contributed by atoms with E-state index in [4.69, 9.17) is 4.74 Å². The van der Waals surface area contributed by atoms with E-state index in [-0.39, 0.29) is 17.1 Å². The van der Waals surface area contributed by atoms with Gasteiger partial charge in [-0.25, -0.2) is 4.39 Å². The van der Waals surface area contributed by atoms with E-state index in [2.05, 4.69) is 31.0 Å². The second kappa shape index (κ2) is 7.97. The van der Waals surface area contributed by atoms with Gasteiger partial charge in [0.05, 0.1) is 17.7 Å². The quantitative estimate of drug-likeness (QED) is 0.738. The highest BCUT2D eigenvalue weighted by Crippen LogP contribution is 2.50. The summed E-state index contributed by atoms with van der Waals surface area (Å²) in [6, 6.07) is 10.3. The van der Waals surface area contributed by atoms with Gasteiger partial charge < -0.3 is 9.64 Å². The minimum Gasteiger partial charge on any atom is -0.476 e. The normalized spacial score (nSPS) is 18.9. The molecule has 2 heterocycles. The standard InChI is InChI=1S/C24H30FN3O2/c1-23(2,3)20-8-9-21(27-26-20)30-16-17-10-14-28(15-11-17)22(29)24(12-13-24)18-4-6-19(25)7-5-18/h4-9,17H,10-16H2,1-3H3. The number of piperidine rings is 1. The number of halogens is 1. The van der Waals surface area contributed by atoms with Gasteiger partial charge in [-0.1, -0.05) is 32.9 Å². The fraction of sp³-hybridized carbons (Fsp3) is 0.542. The zero-order valence-corrected chi connectivity index (χ0v) is 18.0. The number of benzene rings is 1. The van der Waals surface area contributed by atoms with Gasteiger partial charge in [-0.2, -0.15) is 5.10 Å². The maximum Gasteiger partial charge on any atom is 0.233 e. The molecule has 0 unspecified atom stereocenters. The molecular formula is C24H30FN3O2. The number of hydrogen-bond acceptors (Lipinski definition) is 4. The number of carbonyl (C=O) groups excluding carboxylic acids is 1. The molecule has 0 bridgehead atoms. The van der Waals surface area contributed by atoms with Crippen molar-refractivity contribution in [2.45, 2.75) is 57.3 Å². The molecule has 1 amide bonds. The van der Waals surface area contributed by atoms with Gasteiger partial charge in [0.25, 0.3) is 0 Å². The zero-order chi connectivity index (χ0) is 21.4. The van der Waals surface area contributed by atoms with Crippen LogP contribution in [0.1, 0.15) is 57.7 Å². The first-order valence-corrected chi connectivity index (χ1v) is 10.8. The Morgan fingerprint density at radius 2 is 1.77 bits per heavy atom. The van der Waals surface area contributed by atoms with E-state index < -0.39 is 5.41 Å². The molecule has 1 saturated carbocycles. The molecule has 5 nitrogen and oxygen atoms in total. The van der Waals surface area contributed by atoms with Crippen LogP contribution in [-0.2, 0) is 15.6 Å². The van der Waals surface area contributed by atoms with E-state index in [1.165, 1.54) is 12.1 Å². The molecule has 160 valence electrons. The van der Waals surface area contributed by atoms with Crippen LogP contribution in [-0.4, -0.2) is 40.7 Å². The van der Waals surface area contributed by atoms with Gasteiger partial charge >= 0.3 is 0 Å². The van der Waals surface area contributed by atoms with Gasteiger partial charge in [0, 0.05) is 24.6 Å². The Kier molecular flexibility index (Phi) is 5.51. The predicted octanol–water partition coefficient (Wildman–Crippen LogP) is 4.26. The molecule has 0 N–H and O–H groups in total. The lowest BCUT2D eigenvalue weighted by atomic mass is 9.91. The molecule has 1 aromatic carbocycles. The maximum absolute atomic E-state index is 13.2. The van der Waals surface area contributed by atoms with Gasteiger partial charge in [-0.3, -0.25) is 4.79 Å². The first-order valence-electron chi connectivity index (χ1n) is 10.8. The van der Waals surface area contributed by atoms with Crippen LogP contribution in [0.3, 0.4) is 0 Å². The number of aromatic nitrogens is 2. The van der Waals surface area contributed by atoms with Crippen molar-refractivity contribution in [3.63, 3.8) is 0 Å². The maximum atomic E-state index is 13.2. The van der Waals surface area contributed by atoms with Crippen molar-refractivity contribution in [3.8, 4) is 5.88 Å². The number of hydrogen-bond donors (Lipinski definition) is 0. The molecule has 2 fully saturated rings. The molecule has 0 radical (unpaired) electrons. The fourth-order valence-electron chi connectivity index (χ4n) is 4.13. The molecule has 1 aliphatic carbocycles. The highest BCUT2D eigenvalue weighted by molar-refractivity contribution is 5.91. The number of ether oxygens (including phenoxy) is 1. The van der Waals surface area contributed by atoms with E-state index in [0.717, 1.165) is 50.0 Å². The monoisotopic (exact) mass is 411 g/mol. The fourth-order valence-corrected chi connectivity index (χ4v) is 4.13. The number of amides is 1. The summed E-state index contributed by atoms with van der Waals surface area (Å²) in [6.45, 7) is 8.39. The number of likely N-dealkylation sites (tertiary alicyclic amines) is 1. The summed E-state index contributed by atoms with van der Waals surface area (Å²) in [5.74, 6) is 0.881. The van der Waals surface area contributed by atoms with Gasteiger partial charge in [-0.05, 0) is 55.4 Å². The summed E-state index contributed by atoms with van der Waals surface area (Å²) in [5.41, 5.74) is 1.42. The summed E-state index contributed by atoms with van der Waals surface area (Å²) in [4.78, 5) is 15.1. The molecule has 1 aliphatic heterocycles. The van der Waals surface area contributed by atoms with Crippen molar-refractivity contribution in [1.82, 2.24) is 15.1 Å². The SMILES string of the molecule is CC(C)(C)c1ccc(OCC2CCN(C(=O)C3(c4ccc(F)cc4)CC3)CC2)nn1.